The summed E-state index contributed by atoms with van der Waals surface area (Å²) >= 11 is 3.47. The smallest absolute Gasteiger partial charge is 0.212 e. The third-order valence-corrected chi connectivity index (χ3v) is 3.91. The van der Waals surface area contributed by atoms with Crippen molar-refractivity contribution in [2.45, 2.75) is 25.8 Å². The number of hydrogen-bond donors (Lipinski definition) is 1. The van der Waals surface area contributed by atoms with Crippen molar-refractivity contribution in [1.82, 2.24) is 10.3 Å². The van der Waals surface area contributed by atoms with Gasteiger partial charge in [-0.05, 0) is 42.6 Å². The van der Waals surface area contributed by atoms with Gasteiger partial charge in [0.25, 0.3) is 0 Å². The number of hydrogen-bond acceptors (Lipinski definition) is 3. The van der Waals surface area contributed by atoms with Crippen molar-refractivity contribution in [3.05, 3.63) is 58.2 Å². The van der Waals surface area contributed by atoms with Gasteiger partial charge in [-0.3, -0.25) is 0 Å². The van der Waals surface area contributed by atoms with Crippen LogP contribution in [0.2, 0.25) is 0 Å². The summed E-state index contributed by atoms with van der Waals surface area (Å²) in [6.07, 6.45) is 3.86. The number of halogens is 1. The van der Waals surface area contributed by atoms with E-state index in [0.29, 0.717) is 11.9 Å². The Kier molecular flexibility index (Phi) is 6.21. The van der Waals surface area contributed by atoms with Crippen LogP contribution in [-0.2, 0) is 12.8 Å². The van der Waals surface area contributed by atoms with Crippen LogP contribution in [0.5, 0.6) is 5.88 Å². The van der Waals surface area contributed by atoms with E-state index in [2.05, 4.69) is 63.5 Å². The maximum Gasteiger partial charge on any atom is 0.212 e. The normalized spacial score (nSPS) is 12.1. The molecule has 0 aliphatic heterocycles. The second-order valence-corrected chi connectivity index (χ2v) is 5.91. The molecule has 112 valence electrons. The van der Waals surface area contributed by atoms with Gasteiger partial charge in [0, 0.05) is 22.8 Å². The van der Waals surface area contributed by atoms with Crippen molar-refractivity contribution in [2.75, 3.05) is 13.7 Å². The lowest BCUT2D eigenvalue weighted by Crippen LogP contribution is -2.33. The summed E-state index contributed by atoms with van der Waals surface area (Å²) in [4.78, 5) is 4.27. The van der Waals surface area contributed by atoms with E-state index in [1.807, 2.05) is 12.3 Å². The van der Waals surface area contributed by atoms with E-state index in [1.54, 1.807) is 7.11 Å². The van der Waals surface area contributed by atoms with Crippen molar-refractivity contribution in [2.24, 2.45) is 0 Å². The summed E-state index contributed by atoms with van der Waals surface area (Å²) in [5.41, 5.74) is 2.56. The molecule has 1 N–H and O–H groups in total. The van der Waals surface area contributed by atoms with Crippen LogP contribution in [-0.4, -0.2) is 24.7 Å². The Bertz CT molecular complexity index is 540. The van der Waals surface area contributed by atoms with Crippen molar-refractivity contribution in [3.63, 3.8) is 0 Å². The molecule has 0 amide bonds. The van der Waals surface area contributed by atoms with E-state index >= 15 is 0 Å². The molecule has 0 aliphatic carbocycles. The second-order valence-electron chi connectivity index (χ2n) is 5.00. The highest BCUT2D eigenvalue weighted by Gasteiger charge is 2.10. The van der Waals surface area contributed by atoms with E-state index in [4.69, 9.17) is 4.74 Å². The highest BCUT2D eigenvalue weighted by atomic mass is 79.9. The lowest BCUT2D eigenvalue weighted by Gasteiger charge is -2.18. The Morgan fingerprint density at radius 1 is 1.10 bits per heavy atom. The molecule has 0 saturated heterocycles. The van der Waals surface area contributed by atoms with Gasteiger partial charge in [-0.2, -0.15) is 0 Å². The van der Waals surface area contributed by atoms with Crippen LogP contribution in [0.1, 0.15) is 18.1 Å². The number of nitrogens with one attached hydrogen (secondary N) is 1. The maximum atomic E-state index is 5.10. The number of pyridine rings is 1. The molecule has 0 spiro atoms. The molecule has 2 rings (SSSR count). The zero-order valence-corrected chi connectivity index (χ0v) is 14.1. The third kappa shape index (κ3) is 5.14. The quantitative estimate of drug-likeness (QED) is 0.829. The van der Waals surface area contributed by atoms with Crippen LogP contribution in [0.25, 0.3) is 0 Å². The molecule has 1 heterocycles. The largest absolute Gasteiger partial charge is 0.481 e. The molecular weight excluding hydrogens is 328 g/mol. The number of ether oxygens (including phenoxy) is 1. The number of rotatable bonds is 7. The van der Waals surface area contributed by atoms with E-state index in [0.717, 1.165) is 23.9 Å². The molecule has 1 unspecified atom stereocenters. The second kappa shape index (κ2) is 8.15. The molecule has 1 atom stereocenters. The fraction of sp³-hybridized carbons (Fsp3) is 0.353. The summed E-state index contributed by atoms with van der Waals surface area (Å²) in [5.74, 6) is 0.659. The highest BCUT2D eigenvalue weighted by molar-refractivity contribution is 9.10. The Balaban J connectivity index is 2.02. The Morgan fingerprint density at radius 3 is 2.33 bits per heavy atom. The summed E-state index contributed by atoms with van der Waals surface area (Å²) < 4.78 is 6.21. The standard InChI is InChI=1S/C17H21BrN2O/c1-3-19-16(10-13-4-7-15(18)8-5-13)11-14-6-9-17(21-2)20-12-14/h4-9,12,16,19H,3,10-11H2,1-2H3. The number of aromatic nitrogens is 1. The first-order valence-electron chi connectivity index (χ1n) is 7.18. The molecular formula is C17H21BrN2O. The fourth-order valence-corrected chi connectivity index (χ4v) is 2.61. The third-order valence-electron chi connectivity index (χ3n) is 3.38. The van der Waals surface area contributed by atoms with Crippen LogP contribution < -0.4 is 10.1 Å². The number of likely N-dealkylation sites (N-methyl/N-ethyl adjacent to an activating group) is 1. The van der Waals surface area contributed by atoms with Gasteiger partial charge in [-0.15, -0.1) is 0 Å². The molecule has 3 nitrogen and oxygen atoms in total. The Morgan fingerprint density at radius 2 is 1.76 bits per heavy atom. The maximum absolute atomic E-state index is 5.10. The van der Waals surface area contributed by atoms with Crippen molar-refractivity contribution in [1.29, 1.82) is 0 Å². The molecule has 21 heavy (non-hydrogen) atoms. The first-order valence-corrected chi connectivity index (χ1v) is 7.97. The average molecular weight is 349 g/mol. The van der Waals surface area contributed by atoms with Gasteiger partial charge in [-0.1, -0.05) is 41.1 Å². The van der Waals surface area contributed by atoms with Crippen molar-refractivity contribution in [3.8, 4) is 5.88 Å². The van der Waals surface area contributed by atoms with Crippen LogP contribution in [0.15, 0.2) is 47.1 Å². The lowest BCUT2D eigenvalue weighted by molar-refractivity contribution is 0.397. The molecule has 4 heteroatoms. The summed E-state index contributed by atoms with van der Waals surface area (Å²) in [6.45, 7) is 3.10. The molecule has 1 aromatic carbocycles. The van der Waals surface area contributed by atoms with Crippen molar-refractivity contribution < 1.29 is 4.74 Å². The summed E-state index contributed by atoms with van der Waals surface area (Å²) in [5, 5.41) is 3.55. The zero-order valence-electron chi connectivity index (χ0n) is 12.5. The summed E-state index contributed by atoms with van der Waals surface area (Å²) in [6, 6.07) is 12.9. The van der Waals surface area contributed by atoms with Crippen LogP contribution >= 0.6 is 15.9 Å². The topological polar surface area (TPSA) is 34.1 Å². The molecule has 0 fully saturated rings. The first-order chi connectivity index (χ1) is 10.2. The molecule has 2 aromatic rings. The van der Waals surface area contributed by atoms with Gasteiger partial charge < -0.3 is 10.1 Å². The molecule has 0 bridgehead atoms. The minimum atomic E-state index is 0.409. The van der Waals surface area contributed by atoms with Crippen molar-refractivity contribution >= 4 is 15.9 Å². The molecule has 0 aliphatic rings. The van der Waals surface area contributed by atoms with E-state index in [9.17, 15) is 0 Å². The fourth-order valence-electron chi connectivity index (χ4n) is 2.35. The highest BCUT2D eigenvalue weighted by Crippen LogP contribution is 2.14. The van der Waals surface area contributed by atoms with E-state index < -0.39 is 0 Å². The monoisotopic (exact) mass is 348 g/mol. The van der Waals surface area contributed by atoms with Gasteiger partial charge in [0.2, 0.25) is 5.88 Å². The predicted octanol–water partition coefficient (Wildman–Crippen LogP) is 3.62. The number of nitrogens with zero attached hydrogens (tertiary/aromatic N) is 1. The van der Waals surface area contributed by atoms with E-state index in [-0.39, 0.29) is 0 Å². The Hall–Kier alpha value is -1.39. The average Bonchev–Trinajstić information content (AvgIpc) is 2.50. The van der Waals surface area contributed by atoms with E-state index in [1.165, 1.54) is 11.1 Å². The molecule has 0 radical (unpaired) electrons. The first kappa shape index (κ1) is 16.0. The van der Waals surface area contributed by atoms with Gasteiger partial charge >= 0.3 is 0 Å². The van der Waals surface area contributed by atoms with Crippen LogP contribution in [0.3, 0.4) is 0 Å². The summed E-state index contributed by atoms with van der Waals surface area (Å²) in [7, 11) is 1.64. The molecule has 0 saturated carbocycles. The number of benzene rings is 1. The van der Waals surface area contributed by atoms with Gasteiger partial charge in [-0.25, -0.2) is 4.98 Å². The lowest BCUT2D eigenvalue weighted by atomic mass is 10.00. The van der Waals surface area contributed by atoms with Gasteiger partial charge in [0.1, 0.15) is 0 Å². The molecule has 1 aromatic heterocycles. The minimum absolute atomic E-state index is 0.409. The predicted molar refractivity (Wildman–Crippen MR) is 89.8 cm³/mol. The van der Waals surface area contributed by atoms with Gasteiger partial charge in [0.15, 0.2) is 0 Å². The van der Waals surface area contributed by atoms with Crippen LogP contribution in [0, 0.1) is 0 Å². The number of methoxy groups -OCH3 is 1. The minimum Gasteiger partial charge on any atom is -0.481 e. The zero-order chi connectivity index (χ0) is 15.1. The Labute approximate surface area is 134 Å². The SMILES string of the molecule is CCNC(Cc1ccc(Br)cc1)Cc1ccc(OC)nc1. The van der Waals surface area contributed by atoms with Crippen LogP contribution in [0.4, 0.5) is 0 Å². The van der Waals surface area contributed by atoms with Gasteiger partial charge in [0.05, 0.1) is 7.11 Å².